The summed E-state index contributed by atoms with van der Waals surface area (Å²) in [5.74, 6) is 0. The van der Waals surface area contributed by atoms with Crippen molar-refractivity contribution in [3.8, 4) is 6.07 Å². The van der Waals surface area contributed by atoms with Crippen LogP contribution in [0, 0.1) is 11.3 Å². The smallest absolute Gasteiger partial charge is 0.103 e. The lowest BCUT2D eigenvalue weighted by Crippen LogP contribution is -2.36. The molecule has 0 radical (unpaired) electrons. The number of fused-ring (bicyclic) bond motifs is 1. The summed E-state index contributed by atoms with van der Waals surface area (Å²) in [5, 5.41) is 14.0. The Morgan fingerprint density at radius 3 is 2.95 bits per heavy atom. The zero-order valence-electron chi connectivity index (χ0n) is 12.3. The number of nitrogens with one attached hydrogen (secondary N) is 1. The van der Waals surface area contributed by atoms with E-state index < -0.39 is 0 Å². The van der Waals surface area contributed by atoms with Crippen molar-refractivity contribution in [2.24, 2.45) is 0 Å². The van der Waals surface area contributed by atoms with E-state index >= 15 is 0 Å². The SMILES string of the molecule is CC[C@]1(Nc2c(C#N)cnc3ccc(Br)cc23)C=CC=CC1. The number of nitriles is 1. The van der Waals surface area contributed by atoms with Gasteiger partial charge in [0.25, 0.3) is 0 Å². The average Bonchev–Trinajstić information content (AvgIpc) is 2.56. The molecule has 0 saturated heterocycles. The highest BCUT2D eigenvalue weighted by Gasteiger charge is 2.26. The highest BCUT2D eigenvalue weighted by molar-refractivity contribution is 9.10. The molecule has 1 heterocycles. The fourth-order valence-corrected chi connectivity index (χ4v) is 3.10. The molecule has 1 aliphatic rings. The number of nitrogens with zero attached hydrogens (tertiary/aromatic N) is 2. The quantitative estimate of drug-likeness (QED) is 0.849. The van der Waals surface area contributed by atoms with Crippen LogP contribution in [0.1, 0.15) is 25.3 Å². The van der Waals surface area contributed by atoms with Crippen molar-refractivity contribution in [3.05, 3.63) is 58.7 Å². The molecule has 1 atom stereocenters. The Labute approximate surface area is 138 Å². The fraction of sp³-hybridized carbons (Fsp3) is 0.222. The van der Waals surface area contributed by atoms with Crippen LogP contribution in [0.5, 0.6) is 0 Å². The van der Waals surface area contributed by atoms with Gasteiger partial charge in [-0.3, -0.25) is 4.98 Å². The highest BCUT2D eigenvalue weighted by Crippen LogP contribution is 2.34. The van der Waals surface area contributed by atoms with E-state index in [0.717, 1.165) is 33.9 Å². The first-order chi connectivity index (χ1) is 10.7. The molecule has 0 amide bonds. The van der Waals surface area contributed by atoms with Gasteiger partial charge in [-0.1, -0.05) is 47.2 Å². The largest absolute Gasteiger partial charge is 0.374 e. The Hall–Kier alpha value is -2.12. The molecule has 2 aromatic rings. The molecule has 1 aromatic carbocycles. The Balaban J connectivity index is 2.16. The molecule has 0 bridgehead atoms. The van der Waals surface area contributed by atoms with Crippen LogP contribution in [0.4, 0.5) is 5.69 Å². The summed E-state index contributed by atoms with van der Waals surface area (Å²) < 4.78 is 0.976. The molecule has 110 valence electrons. The van der Waals surface area contributed by atoms with Gasteiger partial charge in [-0.2, -0.15) is 5.26 Å². The number of benzene rings is 1. The first-order valence-electron chi connectivity index (χ1n) is 7.28. The first-order valence-corrected chi connectivity index (χ1v) is 8.08. The molecule has 0 fully saturated rings. The van der Waals surface area contributed by atoms with Crippen molar-refractivity contribution in [2.75, 3.05) is 5.32 Å². The van der Waals surface area contributed by atoms with Crippen LogP contribution in [0.2, 0.25) is 0 Å². The lowest BCUT2D eigenvalue weighted by molar-refractivity contribution is 0.558. The van der Waals surface area contributed by atoms with E-state index in [4.69, 9.17) is 0 Å². The first kappa shape index (κ1) is 14.8. The van der Waals surface area contributed by atoms with Gasteiger partial charge in [-0.05, 0) is 31.0 Å². The van der Waals surface area contributed by atoms with Gasteiger partial charge >= 0.3 is 0 Å². The van der Waals surface area contributed by atoms with Crippen LogP contribution < -0.4 is 5.32 Å². The summed E-state index contributed by atoms with van der Waals surface area (Å²) in [6.07, 6.45) is 11.9. The number of hydrogen-bond acceptors (Lipinski definition) is 3. The second-order valence-electron chi connectivity index (χ2n) is 5.45. The van der Waals surface area contributed by atoms with E-state index in [1.54, 1.807) is 6.20 Å². The number of hydrogen-bond donors (Lipinski definition) is 1. The normalized spacial score (nSPS) is 20.0. The second kappa shape index (κ2) is 5.94. The molecular formula is C18H16BrN3. The minimum Gasteiger partial charge on any atom is -0.374 e. The summed E-state index contributed by atoms with van der Waals surface area (Å²) in [6.45, 7) is 2.15. The number of rotatable bonds is 3. The number of aromatic nitrogens is 1. The number of anilines is 1. The monoisotopic (exact) mass is 353 g/mol. The zero-order chi connectivity index (χ0) is 15.6. The molecular weight excluding hydrogens is 338 g/mol. The molecule has 1 aliphatic carbocycles. The maximum atomic E-state index is 9.46. The van der Waals surface area contributed by atoms with Crippen molar-refractivity contribution in [1.82, 2.24) is 4.98 Å². The van der Waals surface area contributed by atoms with Crippen molar-refractivity contribution in [1.29, 1.82) is 5.26 Å². The van der Waals surface area contributed by atoms with E-state index in [2.05, 4.69) is 63.5 Å². The predicted molar refractivity (Wildman–Crippen MR) is 93.7 cm³/mol. The Morgan fingerprint density at radius 1 is 1.41 bits per heavy atom. The predicted octanol–water partition coefficient (Wildman–Crippen LogP) is 4.95. The van der Waals surface area contributed by atoms with Gasteiger partial charge in [0.05, 0.1) is 22.3 Å². The topological polar surface area (TPSA) is 48.7 Å². The van der Waals surface area contributed by atoms with Gasteiger partial charge in [-0.25, -0.2) is 0 Å². The average molecular weight is 354 g/mol. The molecule has 0 saturated carbocycles. The van der Waals surface area contributed by atoms with Crippen LogP contribution in [0.25, 0.3) is 10.9 Å². The number of allylic oxidation sites excluding steroid dienone is 2. The fourth-order valence-electron chi connectivity index (χ4n) is 2.74. The molecule has 1 N–H and O–H groups in total. The Kier molecular flexibility index (Phi) is 4.00. The minimum atomic E-state index is -0.156. The molecule has 4 heteroatoms. The number of pyridine rings is 1. The van der Waals surface area contributed by atoms with Crippen LogP contribution in [-0.2, 0) is 0 Å². The Bertz CT molecular complexity index is 817. The molecule has 1 aromatic heterocycles. The maximum absolute atomic E-state index is 9.46. The van der Waals surface area contributed by atoms with E-state index in [0.29, 0.717) is 5.56 Å². The van der Waals surface area contributed by atoms with E-state index in [1.807, 2.05) is 18.2 Å². The van der Waals surface area contributed by atoms with Crippen molar-refractivity contribution in [2.45, 2.75) is 25.3 Å². The van der Waals surface area contributed by atoms with Gasteiger partial charge in [-0.15, -0.1) is 0 Å². The Morgan fingerprint density at radius 2 is 2.27 bits per heavy atom. The molecule has 3 rings (SSSR count). The summed E-state index contributed by atoms with van der Waals surface area (Å²) >= 11 is 3.51. The highest BCUT2D eigenvalue weighted by atomic mass is 79.9. The van der Waals surface area contributed by atoms with Gasteiger partial charge in [0.2, 0.25) is 0 Å². The lowest BCUT2D eigenvalue weighted by Gasteiger charge is -2.33. The van der Waals surface area contributed by atoms with Gasteiger partial charge in [0.15, 0.2) is 0 Å². The van der Waals surface area contributed by atoms with Crippen molar-refractivity contribution in [3.63, 3.8) is 0 Å². The summed E-state index contributed by atoms with van der Waals surface area (Å²) in [4.78, 5) is 4.38. The molecule has 3 nitrogen and oxygen atoms in total. The standard InChI is InChI=1S/C18H16BrN3/c1-2-18(8-4-3-5-9-18)22-17-13(11-20)12-21-16-7-6-14(19)10-15(16)17/h3-8,10,12H,2,9H2,1H3,(H,21,22)/t18-/m0/s1. The third-order valence-electron chi connectivity index (χ3n) is 4.10. The molecule has 22 heavy (non-hydrogen) atoms. The third kappa shape index (κ3) is 2.65. The second-order valence-corrected chi connectivity index (χ2v) is 6.36. The summed E-state index contributed by atoms with van der Waals surface area (Å²) in [7, 11) is 0. The van der Waals surface area contributed by atoms with Gasteiger partial charge < -0.3 is 5.32 Å². The van der Waals surface area contributed by atoms with E-state index in [1.165, 1.54) is 0 Å². The zero-order valence-corrected chi connectivity index (χ0v) is 13.9. The van der Waals surface area contributed by atoms with Crippen LogP contribution >= 0.6 is 15.9 Å². The lowest BCUT2D eigenvalue weighted by atomic mass is 9.87. The van der Waals surface area contributed by atoms with Crippen molar-refractivity contribution < 1.29 is 0 Å². The number of halogens is 1. The molecule has 0 spiro atoms. The van der Waals surface area contributed by atoms with Crippen LogP contribution in [0.3, 0.4) is 0 Å². The summed E-state index contributed by atoms with van der Waals surface area (Å²) in [5.41, 5.74) is 2.15. The van der Waals surface area contributed by atoms with E-state index in [-0.39, 0.29) is 5.54 Å². The third-order valence-corrected chi connectivity index (χ3v) is 4.59. The molecule has 0 aliphatic heterocycles. The maximum Gasteiger partial charge on any atom is 0.103 e. The van der Waals surface area contributed by atoms with Crippen LogP contribution in [-0.4, -0.2) is 10.5 Å². The summed E-state index contributed by atoms with van der Waals surface area (Å²) in [6, 6.07) is 8.19. The minimum absolute atomic E-state index is 0.156. The molecule has 0 unspecified atom stereocenters. The van der Waals surface area contributed by atoms with Gasteiger partial charge in [0, 0.05) is 16.1 Å². The van der Waals surface area contributed by atoms with E-state index in [9.17, 15) is 5.26 Å². The van der Waals surface area contributed by atoms with Crippen LogP contribution in [0.15, 0.2) is 53.2 Å². The van der Waals surface area contributed by atoms with Gasteiger partial charge in [0.1, 0.15) is 6.07 Å². The van der Waals surface area contributed by atoms with Crippen molar-refractivity contribution >= 4 is 32.5 Å².